The van der Waals surface area contributed by atoms with Crippen molar-refractivity contribution < 1.29 is 27.9 Å². The van der Waals surface area contributed by atoms with Crippen molar-refractivity contribution >= 4 is 57.4 Å². The summed E-state index contributed by atoms with van der Waals surface area (Å²) in [4.78, 5) is 30.4. The highest BCUT2D eigenvalue weighted by Gasteiger charge is 2.38. The van der Waals surface area contributed by atoms with Crippen molar-refractivity contribution in [2.24, 2.45) is 0 Å². The number of hydrogen-bond acceptors (Lipinski definition) is 5. The average Bonchev–Trinajstić information content (AvgIpc) is 3.39. The van der Waals surface area contributed by atoms with E-state index in [-0.39, 0.29) is 12.3 Å². The number of carboxylic acid groups (broad SMARTS) is 1. The van der Waals surface area contributed by atoms with Crippen LogP contribution in [0.1, 0.15) is 5.56 Å². The summed E-state index contributed by atoms with van der Waals surface area (Å²) in [6.45, 7) is 0. The van der Waals surface area contributed by atoms with Gasteiger partial charge in [-0.2, -0.15) is 13.2 Å². The minimum Gasteiger partial charge on any atom is -0.475 e. The first-order chi connectivity index (χ1) is 15.6. The zero-order valence-corrected chi connectivity index (χ0v) is 18.6. The first-order valence-corrected chi connectivity index (χ1v) is 10.7. The van der Waals surface area contributed by atoms with Crippen LogP contribution in [-0.4, -0.2) is 37.8 Å². The molecule has 0 saturated heterocycles. The van der Waals surface area contributed by atoms with Gasteiger partial charge in [0, 0.05) is 5.38 Å². The Hall–Kier alpha value is -3.15. The first kappa shape index (κ1) is 24.5. The number of benzene rings is 2. The lowest BCUT2D eigenvalue weighted by atomic mass is 10.1. The number of carboxylic acids is 1. The number of hydrogen-bond donors (Lipinski definition) is 2. The zero-order chi connectivity index (χ0) is 24.2. The minimum atomic E-state index is -5.08. The molecular weight excluding hydrogens is 504 g/mol. The molecule has 2 aromatic carbocycles. The van der Waals surface area contributed by atoms with E-state index in [0.717, 1.165) is 16.6 Å². The van der Waals surface area contributed by atoms with E-state index in [1.54, 1.807) is 28.4 Å². The first-order valence-electron chi connectivity index (χ1n) is 8.96. The summed E-state index contributed by atoms with van der Waals surface area (Å²) >= 11 is 13.4. The van der Waals surface area contributed by atoms with Crippen LogP contribution in [0.25, 0.3) is 22.6 Å². The molecule has 0 aliphatic carbocycles. The van der Waals surface area contributed by atoms with E-state index in [9.17, 15) is 18.0 Å². The van der Waals surface area contributed by atoms with Crippen LogP contribution in [0.3, 0.4) is 0 Å². The lowest BCUT2D eigenvalue weighted by Gasteiger charge is -2.10. The summed E-state index contributed by atoms with van der Waals surface area (Å²) < 4.78 is 33.4. The molecule has 172 valence electrons. The third-order valence-corrected chi connectivity index (χ3v) is 5.38. The van der Waals surface area contributed by atoms with Crippen molar-refractivity contribution in [2.75, 3.05) is 5.43 Å². The van der Waals surface area contributed by atoms with E-state index in [0.29, 0.717) is 21.6 Å². The number of para-hydroxylation sites is 2. The van der Waals surface area contributed by atoms with Crippen LogP contribution in [0.5, 0.6) is 0 Å². The molecule has 2 aromatic heterocycles. The van der Waals surface area contributed by atoms with E-state index in [1.165, 1.54) is 11.3 Å². The summed E-state index contributed by atoms with van der Waals surface area (Å²) in [5.41, 5.74) is 7.71. The molecule has 4 aromatic rings. The van der Waals surface area contributed by atoms with Gasteiger partial charge in [0.2, 0.25) is 5.91 Å². The molecular formula is C20H13Cl2F3N4O3S. The maximum atomic E-state index is 12.6. The summed E-state index contributed by atoms with van der Waals surface area (Å²) in [6, 6.07) is 12.8. The zero-order valence-electron chi connectivity index (χ0n) is 16.3. The quantitative estimate of drug-likeness (QED) is 0.377. The van der Waals surface area contributed by atoms with Crippen LogP contribution < -0.4 is 5.43 Å². The van der Waals surface area contributed by atoms with Crippen molar-refractivity contribution in [3.8, 4) is 11.5 Å². The van der Waals surface area contributed by atoms with Gasteiger partial charge in [0.25, 0.3) is 0 Å². The minimum absolute atomic E-state index is 0.167. The number of carbonyl (C=O) groups is 2. The summed E-state index contributed by atoms with van der Waals surface area (Å²) in [7, 11) is 0. The second-order valence-electron chi connectivity index (χ2n) is 6.40. The van der Waals surface area contributed by atoms with Crippen molar-refractivity contribution in [3.63, 3.8) is 0 Å². The van der Waals surface area contributed by atoms with Gasteiger partial charge in [-0.1, -0.05) is 41.4 Å². The molecule has 0 fully saturated rings. The van der Waals surface area contributed by atoms with E-state index in [2.05, 4.69) is 15.4 Å². The molecule has 0 aliphatic heterocycles. The maximum absolute atomic E-state index is 12.6. The van der Waals surface area contributed by atoms with Gasteiger partial charge in [-0.05, 0) is 29.8 Å². The molecule has 0 spiro atoms. The molecule has 0 saturated carbocycles. The molecule has 0 bridgehead atoms. The molecule has 4 rings (SSSR count). The van der Waals surface area contributed by atoms with Gasteiger partial charge in [0.15, 0.2) is 5.82 Å². The van der Waals surface area contributed by atoms with Gasteiger partial charge in [-0.25, -0.2) is 19.4 Å². The van der Waals surface area contributed by atoms with Crippen molar-refractivity contribution in [1.29, 1.82) is 0 Å². The number of amides is 1. The average molecular weight is 517 g/mol. The number of nitrogens with zero attached hydrogens (tertiary/aromatic N) is 3. The van der Waals surface area contributed by atoms with Crippen molar-refractivity contribution in [2.45, 2.75) is 12.6 Å². The normalized spacial score (nSPS) is 11.1. The Kier molecular flexibility index (Phi) is 7.57. The topological polar surface area (TPSA) is 97.1 Å². The molecule has 1 amide bonds. The van der Waals surface area contributed by atoms with Crippen LogP contribution in [0.4, 0.5) is 13.2 Å². The second kappa shape index (κ2) is 10.2. The van der Waals surface area contributed by atoms with E-state index < -0.39 is 12.1 Å². The lowest BCUT2D eigenvalue weighted by molar-refractivity contribution is -0.192. The van der Waals surface area contributed by atoms with Crippen LogP contribution in [0, 0.1) is 0 Å². The summed E-state index contributed by atoms with van der Waals surface area (Å²) in [5.74, 6) is -2.36. The number of imidazole rings is 1. The fourth-order valence-electron chi connectivity index (χ4n) is 2.63. The Morgan fingerprint density at radius 2 is 1.82 bits per heavy atom. The molecule has 2 N–H and O–H groups in total. The smallest absolute Gasteiger partial charge is 0.475 e. The number of carbonyl (C=O) groups excluding carboxylic acids is 1. The van der Waals surface area contributed by atoms with Crippen molar-refractivity contribution in [3.05, 3.63) is 69.0 Å². The number of aromatic nitrogens is 3. The monoisotopic (exact) mass is 516 g/mol. The van der Waals surface area contributed by atoms with Crippen molar-refractivity contribution in [1.82, 2.24) is 14.6 Å². The predicted octanol–water partition coefficient (Wildman–Crippen LogP) is 5.41. The number of halogens is 5. The van der Waals surface area contributed by atoms with Gasteiger partial charge in [0.05, 0.1) is 33.0 Å². The Bertz CT molecular complexity index is 1290. The van der Waals surface area contributed by atoms with E-state index in [1.807, 2.05) is 29.6 Å². The molecule has 33 heavy (non-hydrogen) atoms. The number of fused-ring (bicyclic) bond motifs is 1. The molecule has 7 nitrogen and oxygen atoms in total. The Morgan fingerprint density at radius 1 is 1.12 bits per heavy atom. The molecule has 0 unspecified atom stereocenters. The van der Waals surface area contributed by atoms with E-state index >= 15 is 0 Å². The van der Waals surface area contributed by atoms with Gasteiger partial charge in [-0.15, -0.1) is 11.3 Å². The maximum Gasteiger partial charge on any atom is 0.490 e. The van der Waals surface area contributed by atoms with Crippen LogP contribution in [0.2, 0.25) is 10.0 Å². The van der Waals surface area contributed by atoms with Gasteiger partial charge < -0.3 is 5.11 Å². The number of aliphatic carboxylic acids is 1. The lowest BCUT2D eigenvalue weighted by Crippen LogP contribution is -2.25. The second-order valence-corrected chi connectivity index (χ2v) is 7.93. The highest BCUT2D eigenvalue weighted by molar-refractivity contribution is 7.07. The molecule has 0 radical (unpaired) electrons. The number of nitrogens with one attached hydrogen (secondary N) is 1. The number of thiazole rings is 1. The van der Waals surface area contributed by atoms with Gasteiger partial charge in [0.1, 0.15) is 5.69 Å². The highest BCUT2D eigenvalue weighted by atomic mass is 35.5. The Labute approximate surface area is 198 Å². The third-order valence-electron chi connectivity index (χ3n) is 4.05. The fourth-order valence-corrected chi connectivity index (χ4v) is 3.48. The van der Waals surface area contributed by atoms with Crippen LogP contribution >= 0.6 is 34.5 Å². The summed E-state index contributed by atoms with van der Waals surface area (Å²) in [6.07, 6.45) is -4.92. The number of rotatable bonds is 4. The molecule has 0 atom stereocenters. The summed E-state index contributed by atoms with van der Waals surface area (Å²) in [5, 5.41) is 9.90. The highest BCUT2D eigenvalue weighted by Crippen LogP contribution is 2.25. The SMILES string of the molecule is O=C(Cc1ccc(Cl)c(Cl)c1)Nn1c(-c2cscn2)nc2ccccc21.O=C(O)C(F)(F)F. The molecule has 0 aliphatic rings. The standard InChI is InChI=1S/C18H12Cl2N4OS.C2HF3O2/c19-12-6-5-11(7-13(12)20)8-17(25)23-24-16-4-2-1-3-14(16)22-18(24)15-9-26-10-21-15;3-2(4,5)1(6)7/h1-7,9-10H,8H2,(H,23,25);(H,6,7). The predicted molar refractivity (Wildman–Crippen MR) is 119 cm³/mol. The Morgan fingerprint density at radius 3 is 2.42 bits per heavy atom. The fraction of sp³-hybridized carbons (Fsp3) is 0.100. The largest absolute Gasteiger partial charge is 0.490 e. The third kappa shape index (κ3) is 6.21. The van der Waals surface area contributed by atoms with Crippen LogP contribution in [0.15, 0.2) is 53.4 Å². The van der Waals surface area contributed by atoms with Gasteiger partial charge >= 0.3 is 12.1 Å². The Balaban J connectivity index is 0.000000383. The van der Waals surface area contributed by atoms with Gasteiger partial charge in [-0.3, -0.25) is 10.2 Å². The van der Waals surface area contributed by atoms with Crippen LogP contribution in [-0.2, 0) is 16.0 Å². The number of alkyl halides is 3. The van der Waals surface area contributed by atoms with E-state index in [4.69, 9.17) is 33.1 Å². The molecule has 2 heterocycles. The molecule has 13 heteroatoms.